The fourth-order valence-electron chi connectivity index (χ4n) is 1.83. The second-order valence-corrected chi connectivity index (χ2v) is 4.64. The van der Waals surface area contributed by atoms with Crippen molar-refractivity contribution < 1.29 is 9.59 Å². The van der Waals surface area contributed by atoms with Gasteiger partial charge in [0.25, 0.3) is 5.91 Å². The highest BCUT2D eigenvalue weighted by molar-refractivity contribution is 6.49. The van der Waals surface area contributed by atoms with Gasteiger partial charge in [-0.2, -0.15) is 0 Å². The molecule has 1 amide bonds. The van der Waals surface area contributed by atoms with Gasteiger partial charge in [0.05, 0.1) is 10.7 Å². The summed E-state index contributed by atoms with van der Waals surface area (Å²) in [6, 6.07) is 8.77. The molecule has 0 radical (unpaired) electrons. The number of hydrogen-bond donors (Lipinski definition) is 0. The van der Waals surface area contributed by atoms with E-state index in [1.165, 1.54) is 6.08 Å². The molecular weight excluding hydrogens is 262 g/mol. The van der Waals surface area contributed by atoms with Gasteiger partial charge in [-0.1, -0.05) is 29.8 Å². The van der Waals surface area contributed by atoms with Gasteiger partial charge in [0.2, 0.25) is 0 Å². The average Bonchev–Trinajstić information content (AvgIpc) is 2.42. The minimum Gasteiger partial charge on any atom is -0.288 e. The maximum absolute atomic E-state index is 12.0. The number of aliphatic imine (C=N–C) groups is 1. The highest BCUT2D eigenvalue weighted by atomic mass is 35.5. The summed E-state index contributed by atoms with van der Waals surface area (Å²) in [4.78, 5) is 27.6. The molecule has 1 aliphatic rings. The third-order valence-electron chi connectivity index (χ3n) is 2.86. The van der Waals surface area contributed by atoms with Crippen molar-refractivity contribution in [2.45, 2.75) is 13.8 Å². The first kappa shape index (κ1) is 13.4. The van der Waals surface area contributed by atoms with Crippen molar-refractivity contribution in [3.8, 4) is 0 Å². The van der Waals surface area contributed by atoms with Crippen LogP contribution in [0.3, 0.4) is 0 Å². The Balaban J connectivity index is 2.41. The molecule has 0 saturated carbocycles. The Hall–Kier alpha value is -2.00. The summed E-state index contributed by atoms with van der Waals surface area (Å²) in [5, 5.41) is 0.116. The van der Waals surface area contributed by atoms with E-state index in [1.54, 1.807) is 38.1 Å². The summed E-state index contributed by atoms with van der Waals surface area (Å²) in [5.41, 5.74) is 2.16. The lowest BCUT2D eigenvalue weighted by Crippen LogP contribution is -2.16. The predicted molar refractivity (Wildman–Crippen MR) is 75.5 cm³/mol. The van der Waals surface area contributed by atoms with E-state index in [1.807, 2.05) is 6.07 Å². The van der Waals surface area contributed by atoms with Crippen LogP contribution >= 0.6 is 11.6 Å². The molecule has 0 atom stereocenters. The van der Waals surface area contributed by atoms with Crippen LogP contribution in [0.25, 0.3) is 0 Å². The maximum atomic E-state index is 12.0. The lowest BCUT2D eigenvalue weighted by atomic mass is 9.97. The van der Waals surface area contributed by atoms with E-state index in [2.05, 4.69) is 4.99 Å². The molecule has 0 aromatic heterocycles. The van der Waals surface area contributed by atoms with Crippen LogP contribution in [0.1, 0.15) is 24.2 Å². The smallest absolute Gasteiger partial charge is 0.277 e. The number of halogens is 1. The number of amides is 1. The standard InChI is InChI=1S/C15H12ClNO2/c1-9-8-12(18)13(16)10(2)14(9)17-15(19)11-6-4-3-5-7-11/h3-8H,1-2H3. The number of rotatable bonds is 1. The lowest BCUT2D eigenvalue weighted by Gasteiger charge is -2.13. The molecule has 0 spiro atoms. The van der Waals surface area contributed by atoms with Gasteiger partial charge in [0, 0.05) is 5.56 Å². The van der Waals surface area contributed by atoms with Gasteiger partial charge in [-0.25, -0.2) is 4.99 Å². The first-order valence-electron chi connectivity index (χ1n) is 5.78. The molecule has 0 bridgehead atoms. The van der Waals surface area contributed by atoms with Crippen molar-refractivity contribution in [1.29, 1.82) is 0 Å². The Bertz CT molecular complexity index is 639. The lowest BCUT2D eigenvalue weighted by molar-refractivity contribution is -0.110. The van der Waals surface area contributed by atoms with Crippen LogP contribution in [0, 0.1) is 0 Å². The molecule has 0 N–H and O–H groups in total. The summed E-state index contributed by atoms with van der Waals surface area (Å²) < 4.78 is 0. The molecule has 1 aromatic rings. The predicted octanol–water partition coefficient (Wildman–Crippen LogP) is 3.31. The van der Waals surface area contributed by atoms with E-state index in [9.17, 15) is 9.59 Å². The molecule has 19 heavy (non-hydrogen) atoms. The zero-order chi connectivity index (χ0) is 14.0. The number of allylic oxidation sites excluding steroid dienone is 4. The second-order valence-electron chi connectivity index (χ2n) is 4.26. The molecule has 0 saturated heterocycles. The van der Waals surface area contributed by atoms with Crippen molar-refractivity contribution in [2.24, 2.45) is 4.99 Å². The molecule has 3 nitrogen and oxygen atoms in total. The normalized spacial score (nSPS) is 17.7. The quantitative estimate of drug-likeness (QED) is 0.737. The minimum atomic E-state index is -0.346. The second kappa shape index (κ2) is 5.33. The first-order valence-corrected chi connectivity index (χ1v) is 6.16. The van der Waals surface area contributed by atoms with Crippen LogP contribution in [0.2, 0.25) is 0 Å². The van der Waals surface area contributed by atoms with Crippen LogP contribution in [0.15, 0.2) is 57.6 Å². The van der Waals surface area contributed by atoms with Gasteiger partial charge in [0.15, 0.2) is 5.78 Å². The van der Waals surface area contributed by atoms with Crippen LogP contribution in [-0.4, -0.2) is 17.4 Å². The summed E-state index contributed by atoms with van der Waals surface area (Å²) in [6.07, 6.45) is 1.40. The summed E-state index contributed by atoms with van der Waals surface area (Å²) in [5.74, 6) is -0.593. The fraction of sp³-hybridized carbons (Fsp3) is 0.133. The maximum Gasteiger partial charge on any atom is 0.277 e. The Morgan fingerprint density at radius 3 is 2.42 bits per heavy atom. The number of carbonyl (C=O) groups is 2. The summed E-state index contributed by atoms with van der Waals surface area (Å²) in [6.45, 7) is 3.43. The molecule has 96 valence electrons. The van der Waals surface area contributed by atoms with Crippen molar-refractivity contribution in [2.75, 3.05) is 0 Å². The van der Waals surface area contributed by atoms with Crippen molar-refractivity contribution in [1.82, 2.24) is 0 Å². The van der Waals surface area contributed by atoms with Crippen LogP contribution in [0.5, 0.6) is 0 Å². The fourth-order valence-corrected chi connectivity index (χ4v) is 1.98. The topological polar surface area (TPSA) is 46.5 Å². The highest BCUT2D eigenvalue weighted by Crippen LogP contribution is 2.23. The summed E-state index contributed by atoms with van der Waals surface area (Å²) in [7, 11) is 0. The number of carbonyl (C=O) groups excluding carboxylic acids is 2. The SMILES string of the molecule is CC1=CC(=O)C(Cl)=C(C)C1=NC(=O)c1ccccc1. The highest BCUT2D eigenvalue weighted by Gasteiger charge is 2.21. The van der Waals surface area contributed by atoms with E-state index in [0.717, 1.165) is 0 Å². The Kier molecular flexibility index (Phi) is 3.76. The van der Waals surface area contributed by atoms with Crippen molar-refractivity contribution >= 4 is 29.0 Å². The van der Waals surface area contributed by atoms with Gasteiger partial charge in [-0.15, -0.1) is 0 Å². The van der Waals surface area contributed by atoms with Gasteiger partial charge in [-0.3, -0.25) is 9.59 Å². The van der Waals surface area contributed by atoms with Gasteiger partial charge >= 0.3 is 0 Å². The van der Waals surface area contributed by atoms with Crippen molar-refractivity contribution in [3.05, 3.63) is 58.1 Å². The molecule has 1 aliphatic carbocycles. The number of nitrogens with zero attached hydrogens (tertiary/aromatic N) is 1. The Labute approximate surface area is 116 Å². The molecule has 0 aliphatic heterocycles. The first-order chi connectivity index (χ1) is 9.00. The average molecular weight is 274 g/mol. The van der Waals surface area contributed by atoms with Crippen LogP contribution in [0.4, 0.5) is 0 Å². The molecule has 4 heteroatoms. The zero-order valence-electron chi connectivity index (χ0n) is 10.6. The van der Waals surface area contributed by atoms with E-state index >= 15 is 0 Å². The van der Waals surface area contributed by atoms with Gasteiger partial charge in [0.1, 0.15) is 0 Å². The molecule has 0 heterocycles. The van der Waals surface area contributed by atoms with Gasteiger partial charge in [-0.05, 0) is 43.2 Å². The Morgan fingerprint density at radius 2 is 1.79 bits per heavy atom. The monoisotopic (exact) mass is 273 g/mol. The largest absolute Gasteiger partial charge is 0.288 e. The third kappa shape index (κ3) is 2.71. The zero-order valence-corrected chi connectivity index (χ0v) is 11.4. The van der Waals surface area contributed by atoms with Gasteiger partial charge < -0.3 is 0 Å². The molecule has 2 rings (SSSR count). The van der Waals surface area contributed by atoms with Crippen LogP contribution in [-0.2, 0) is 4.79 Å². The number of ketones is 1. The molecule has 1 aromatic carbocycles. The number of benzene rings is 1. The molecular formula is C15H12ClNO2. The van der Waals surface area contributed by atoms with E-state index in [-0.39, 0.29) is 16.7 Å². The third-order valence-corrected chi connectivity index (χ3v) is 3.33. The summed E-state index contributed by atoms with van der Waals surface area (Å²) >= 11 is 5.90. The minimum absolute atomic E-state index is 0.116. The van der Waals surface area contributed by atoms with E-state index in [0.29, 0.717) is 22.4 Å². The molecule has 0 fully saturated rings. The van der Waals surface area contributed by atoms with E-state index in [4.69, 9.17) is 11.6 Å². The van der Waals surface area contributed by atoms with Crippen molar-refractivity contribution in [3.63, 3.8) is 0 Å². The number of hydrogen-bond acceptors (Lipinski definition) is 2. The van der Waals surface area contributed by atoms with E-state index < -0.39 is 0 Å². The molecule has 0 unspecified atom stereocenters. The van der Waals surface area contributed by atoms with Crippen LogP contribution < -0.4 is 0 Å². The Morgan fingerprint density at radius 1 is 1.16 bits per heavy atom.